The normalized spacial score (nSPS) is 11.8. The van der Waals surface area contributed by atoms with Gasteiger partial charge in [-0.2, -0.15) is 4.98 Å². The van der Waals surface area contributed by atoms with Gasteiger partial charge in [0.1, 0.15) is 5.52 Å². The van der Waals surface area contributed by atoms with Crippen molar-refractivity contribution in [2.75, 3.05) is 29.9 Å². The molecule has 0 spiro atoms. The van der Waals surface area contributed by atoms with Crippen molar-refractivity contribution in [3.63, 3.8) is 0 Å². The third-order valence-corrected chi connectivity index (χ3v) is 3.89. The summed E-state index contributed by atoms with van der Waals surface area (Å²) in [6, 6.07) is 5.41. The molecule has 7 nitrogen and oxygen atoms in total. The molecule has 0 aliphatic carbocycles. The van der Waals surface area contributed by atoms with Crippen molar-refractivity contribution < 1.29 is 12.8 Å². The number of sulfonamides is 1. The summed E-state index contributed by atoms with van der Waals surface area (Å²) in [4.78, 5) is 4.17. The van der Waals surface area contributed by atoms with E-state index in [1.165, 1.54) is 0 Å². The van der Waals surface area contributed by atoms with Crippen LogP contribution in [-0.2, 0) is 10.0 Å². The Labute approximate surface area is 111 Å². The van der Waals surface area contributed by atoms with Crippen molar-refractivity contribution in [1.82, 2.24) is 9.71 Å². The second-order valence-corrected chi connectivity index (χ2v) is 5.92. The Morgan fingerprint density at radius 2 is 2.21 bits per heavy atom. The summed E-state index contributed by atoms with van der Waals surface area (Å²) in [6.07, 6.45) is 0. The summed E-state index contributed by atoms with van der Waals surface area (Å²) >= 11 is 0. The van der Waals surface area contributed by atoms with Crippen LogP contribution in [0.15, 0.2) is 22.6 Å². The Hall–Kier alpha value is -1.80. The maximum Gasteiger partial charge on any atom is 0.295 e. The van der Waals surface area contributed by atoms with Crippen LogP contribution in [0.5, 0.6) is 0 Å². The first-order valence-electron chi connectivity index (χ1n) is 5.87. The summed E-state index contributed by atoms with van der Waals surface area (Å²) in [7, 11) is -3.24. The molecule has 0 aliphatic heterocycles. The van der Waals surface area contributed by atoms with Crippen LogP contribution in [0, 0.1) is 0 Å². The minimum absolute atomic E-state index is 0.0400. The molecule has 0 radical (unpaired) electrons. The number of nitrogens with two attached hydrogens (primary N) is 1. The van der Waals surface area contributed by atoms with Gasteiger partial charge in [-0.1, -0.05) is 6.92 Å². The largest absolute Gasteiger partial charge is 0.424 e. The molecule has 4 N–H and O–H groups in total. The summed E-state index contributed by atoms with van der Waals surface area (Å²) in [5, 5.41) is 2.83. The Morgan fingerprint density at radius 3 is 2.95 bits per heavy atom. The molecule has 0 saturated heterocycles. The van der Waals surface area contributed by atoms with E-state index in [1.54, 1.807) is 25.1 Å². The zero-order valence-corrected chi connectivity index (χ0v) is 11.3. The summed E-state index contributed by atoms with van der Waals surface area (Å²) in [5.41, 5.74) is 7.47. The molecule has 0 fully saturated rings. The summed E-state index contributed by atoms with van der Waals surface area (Å²) < 4.78 is 30.6. The molecule has 2 rings (SSSR count). The zero-order chi connectivity index (χ0) is 13.9. The molecule has 19 heavy (non-hydrogen) atoms. The Bertz CT molecular complexity index is 666. The van der Waals surface area contributed by atoms with Crippen molar-refractivity contribution in [3.8, 4) is 0 Å². The van der Waals surface area contributed by atoms with E-state index in [-0.39, 0.29) is 18.3 Å². The van der Waals surface area contributed by atoms with Gasteiger partial charge < -0.3 is 15.5 Å². The predicted molar refractivity (Wildman–Crippen MR) is 74.4 cm³/mol. The molecule has 0 atom stereocenters. The molecule has 0 amide bonds. The minimum Gasteiger partial charge on any atom is -0.424 e. The quantitative estimate of drug-likeness (QED) is 0.675. The highest BCUT2D eigenvalue weighted by atomic mass is 32.2. The molecule has 8 heteroatoms. The van der Waals surface area contributed by atoms with Crippen LogP contribution in [-0.4, -0.2) is 32.2 Å². The first kappa shape index (κ1) is 13.6. The maximum atomic E-state index is 11.4. The molecule has 0 aliphatic rings. The highest BCUT2D eigenvalue weighted by Crippen LogP contribution is 2.20. The third-order valence-electron chi connectivity index (χ3n) is 2.42. The van der Waals surface area contributed by atoms with E-state index in [0.717, 1.165) is 0 Å². The van der Waals surface area contributed by atoms with Crippen LogP contribution in [0.2, 0.25) is 0 Å². The SMILES string of the molecule is CCNS(=O)(=O)CCNc1nc2cc(N)ccc2o1. The molecular weight excluding hydrogens is 268 g/mol. The molecule has 2 aromatic rings. The molecule has 104 valence electrons. The number of benzene rings is 1. The minimum atomic E-state index is -3.24. The van der Waals surface area contributed by atoms with Crippen molar-refractivity contribution in [1.29, 1.82) is 0 Å². The number of hydrogen-bond donors (Lipinski definition) is 3. The number of nitrogens with zero attached hydrogens (tertiary/aromatic N) is 1. The molecule has 1 aromatic carbocycles. The van der Waals surface area contributed by atoms with Crippen molar-refractivity contribution in [2.24, 2.45) is 0 Å². The first-order valence-corrected chi connectivity index (χ1v) is 7.52. The van der Waals surface area contributed by atoms with E-state index in [1.807, 2.05) is 0 Å². The number of rotatable bonds is 6. The number of anilines is 2. The van der Waals surface area contributed by atoms with Gasteiger partial charge in [-0.05, 0) is 18.2 Å². The van der Waals surface area contributed by atoms with Gasteiger partial charge in [0.05, 0.1) is 5.75 Å². The topological polar surface area (TPSA) is 110 Å². The van der Waals surface area contributed by atoms with Gasteiger partial charge in [0.2, 0.25) is 10.0 Å². The van der Waals surface area contributed by atoms with Gasteiger partial charge in [-0.3, -0.25) is 0 Å². The number of fused-ring (bicyclic) bond motifs is 1. The first-order chi connectivity index (χ1) is 9.00. The van der Waals surface area contributed by atoms with Gasteiger partial charge in [0.15, 0.2) is 5.58 Å². The maximum absolute atomic E-state index is 11.4. The van der Waals surface area contributed by atoms with Crippen LogP contribution >= 0.6 is 0 Å². The van der Waals surface area contributed by atoms with Gasteiger partial charge in [-0.15, -0.1) is 0 Å². The second kappa shape index (κ2) is 5.45. The van der Waals surface area contributed by atoms with E-state index in [2.05, 4.69) is 15.0 Å². The number of hydrogen-bond acceptors (Lipinski definition) is 6. The summed E-state index contributed by atoms with van der Waals surface area (Å²) in [5.74, 6) is -0.0400. The monoisotopic (exact) mass is 284 g/mol. The lowest BCUT2D eigenvalue weighted by Crippen LogP contribution is -2.29. The number of aromatic nitrogens is 1. The lowest BCUT2D eigenvalue weighted by Gasteiger charge is -2.04. The second-order valence-electron chi connectivity index (χ2n) is 3.99. The van der Waals surface area contributed by atoms with Crippen molar-refractivity contribution in [2.45, 2.75) is 6.92 Å². The van der Waals surface area contributed by atoms with Crippen LogP contribution in [0.3, 0.4) is 0 Å². The molecule has 1 aromatic heterocycles. The van der Waals surface area contributed by atoms with Crippen molar-refractivity contribution >= 4 is 32.8 Å². The van der Waals surface area contributed by atoms with Gasteiger partial charge in [0.25, 0.3) is 6.01 Å². The van der Waals surface area contributed by atoms with E-state index in [0.29, 0.717) is 23.3 Å². The molecular formula is C11H16N4O3S. The van der Waals surface area contributed by atoms with E-state index in [4.69, 9.17) is 10.2 Å². The van der Waals surface area contributed by atoms with E-state index >= 15 is 0 Å². The molecule has 0 saturated carbocycles. The Morgan fingerprint density at radius 1 is 1.42 bits per heavy atom. The zero-order valence-electron chi connectivity index (χ0n) is 10.5. The average Bonchev–Trinajstić information content (AvgIpc) is 2.70. The smallest absolute Gasteiger partial charge is 0.295 e. The van der Waals surface area contributed by atoms with Gasteiger partial charge >= 0.3 is 0 Å². The van der Waals surface area contributed by atoms with E-state index < -0.39 is 10.0 Å². The fraction of sp³-hybridized carbons (Fsp3) is 0.364. The summed E-state index contributed by atoms with van der Waals surface area (Å²) in [6.45, 7) is 2.33. The fourth-order valence-electron chi connectivity index (χ4n) is 1.60. The van der Waals surface area contributed by atoms with Crippen LogP contribution < -0.4 is 15.8 Å². The van der Waals surface area contributed by atoms with Crippen molar-refractivity contribution in [3.05, 3.63) is 18.2 Å². The molecule has 0 bridgehead atoms. The standard InChI is InChI=1S/C11H16N4O3S/c1-2-14-19(16,17)6-5-13-11-15-9-7-8(12)3-4-10(9)18-11/h3-4,7,14H,2,5-6,12H2,1H3,(H,13,15). The third kappa shape index (κ3) is 3.58. The fourth-order valence-corrected chi connectivity index (χ4v) is 2.56. The van der Waals surface area contributed by atoms with Gasteiger partial charge in [0, 0.05) is 18.8 Å². The van der Waals surface area contributed by atoms with E-state index in [9.17, 15) is 8.42 Å². The lowest BCUT2D eigenvalue weighted by molar-refractivity contribution is 0.583. The number of oxazole rings is 1. The van der Waals surface area contributed by atoms with Gasteiger partial charge in [-0.25, -0.2) is 13.1 Å². The molecule has 0 unspecified atom stereocenters. The highest BCUT2D eigenvalue weighted by Gasteiger charge is 2.10. The highest BCUT2D eigenvalue weighted by molar-refractivity contribution is 7.89. The Balaban J connectivity index is 1.99. The van der Waals surface area contributed by atoms with Crippen LogP contribution in [0.1, 0.15) is 6.92 Å². The Kier molecular flexibility index (Phi) is 3.91. The predicted octanol–water partition coefficient (Wildman–Crippen LogP) is 0.761. The number of nitrogen functional groups attached to an aromatic ring is 1. The molecule has 1 heterocycles. The number of nitrogens with one attached hydrogen (secondary N) is 2. The average molecular weight is 284 g/mol. The van der Waals surface area contributed by atoms with Crippen LogP contribution in [0.4, 0.5) is 11.7 Å². The van der Waals surface area contributed by atoms with Crippen LogP contribution in [0.25, 0.3) is 11.1 Å². The lowest BCUT2D eigenvalue weighted by atomic mass is 10.3.